The number of halogens is 4. The molecule has 1 aromatic heterocycles. The van der Waals surface area contributed by atoms with E-state index in [1.807, 2.05) is 0 Å². The van der Waals surface area contributed by atoms with Gasteiger partial charge in [0.1, 0.15) is 16.5 Å². The Labute approximate surface area is 251 Å². The molecule has 0 saturated carbocycles. The van der Waals surface area contributed by atoms with E-state index in [0.717, 1.165) is 13.1 Å². The molecule has 0 aliphatic carbocycles. The fourth-order valence-electron chi connectivity index (χ4n) is 4.12. The van der Waals surface area contributed by atoms with Gasteiger partial charge in [-0.25, -0.2) is 27.5 Å². The Morgan fingerprint density at radius 2 is 1.44 bits per heavy atom. The molecule has 0 aliphatic heterocycles. The zero-order chi connectivity index (χ0) is 31.7. The van der Waals surface area contributed by atoms with Crippen LogP contribution in [0.5, 0.6) is 5.88 Å². The highest BCUT2D eigenvalue weighted by Crippen LogP contribution is 2.42. The smallest absolute Gasteiger partial charge is 0.429 e. The van der Waals surface area contributed by atoms with Gasteiger partial charge in [-0.2, -0.15) is 13.2 Å². The minimum atomic E-state index is -5.07. The van der Waals surface area contributed by atoms with Crippen LogP contribution >= 0.6 is 11.6 Å². The molecule has 0 spiro atoms. The van der Waals surface area contributed by atoms with Crippen LogP contribution in [0, 0.1) is 0 Å². The molecule has 0 amide bonds. The van der Waals surface area contributed by atoms with Crippen molar-refractivity contribution in [2.45, 2.75) is 49.6 Å². The van der Waals surface area contributed by atoms with E-state index in [-0.39, 0.29) is 26.5 Å². The molecular weight excluding hydrogens is 609 g/mol. The first-order valence-corrected chi connectivity index (χ1v) is 14.6. The van der Waals surface area contributed by atoms with Crippen molar-refractivity contribution in [2.75, 3.05) is 11.4 Å². The van der Waals surface area contributed by atoms with Gasteiger partial charge in [0, 0.05) is 12.6 Å². The molecule has 4 aromatic rings. The summed E-state index contributed by atoms with van der Waals surface area (Å²) in [4.78, 5) is 20.9. The summed E-state index contributed by atoms with van der Waals surface area (Å²) in [6, 6.07) is 15.3. The average molecular weight is 637 g/mol. The number of hydrogen-bond acceptors (Lipinski definition) is 8. The number of benzene rings is 3. The highest BCUT2D eigenvalue weighted by molar-refractivity contribution is 7.93. The van der Waals surface area contributed by atoms with E-state index in [1.54, 1.807) is 32.9 Å². The van der Waals surface area contributed by atoms with Crippen LogP contribution in [0.2, 0.25) is 5.02 Å². The van der Waals surface area contributed by atoms with E-state index in [0.29, 0.717) is 4.31 Å². The van der Waals surface area contributed by atoms with Crippen LogP contribution in [0.25, 0.3) is 11.0 Å². The van der Waals surface area contributed by atoms with Crippen molar-refractivity contribution < 1.29 is 35.9 Å². The van der Waals surface area contributed by atoms with Crippen molar-refractivity contribution in [2.24, 2.45) is 5.73 Å². The highest BCUT2D eigenvalue weighted by atomic mass is 35.5. The minimum absolute atomic E-state index is 0.108. The third-order valence-electron chi connectivity index (χ3n) is 6.10. The monoisotopic (exact) mass is 636 g/mol. The number of aromatic nitrogens is 2. The zero-order valence-corrected chi connectivity index (χ0v) is 25.0. The number of alkyl halides is 3. The number of ether oxygens (including phenoxy) is 2. The summed E-state index contributed by atoms with van der Waals surface area (Å²) in [5.41, 5.74) is 4.78. The Balaban J connectivity index is 1.87. The molecule has 4 rings (SSSR count). The fourth-order valence-corrected chi connectivity index (χ4v) is 5.75. The molecule has 14 heteroatoms. The van der Waals surface area contributed by atoms with Gasteiger partial charge < -0.3 is 15.2 Å². The number of sulfonamides is 1. The van der Waals surface area contributed by atoms with Crippen LogP contribution in [0.1, 0.15) is 44.0 Å². The van der Waals surface area contributed by atoms with Gasteiger partial charge in [-0.15, -0.1) is 0 Å². The molecule has 2 unspecified atom stereocenters. The lowest BCUT2D eigenvalue weighted by Crippen LogP contribution is -2.34. The maximum atomic E-state index is 14.7. The number of esters is 1. The first-order valence-electron chi connectivity index (χ1n) is 12.8. The van der Waals surface area contributed by atoms with E-state index in [4.69, 9.17) is 26.8 Å². The predicted molar refractivity (Wildman–Crippen MR) is 155 cm³/mol. The molecule has 43 heavy (non-hydrogen) atoms. The lowest BCUT2D eigenvalue weighted by atomic mass is 9.96. The summed E-state index contributed by atoms with van der Waals surface area (Å²) in [5.74, 6) is -2.21. The van der Waals surface area contributed by atoms with Crippen LogP contribution in [0.3, 0.4) is 0 Å². The van der Waals surface area contributed by atoms with Crippen molar-refractivity contribution in [1.29, 1.82) is 0 Å². The minimum Gasteiger partial charge on any atom is -0.459 e. The topological polar surface area (TPSA) is 125 Å². The maximum Gasteiger partial charge on any atom is 0.429 e. The number of rotatable bonds is 8. The standard InChI is InChI=1S/C29H28ClF3N4O5S/c1-28(2,3)42-27(38)23(34)17-11-5-6-12-18(17)24(29(31,32)33)41-26-25(35-20-14-8-9-15-21(20)36-26)37(4)43(39,40)22-16-10-7-13-19(22)30/h5-16,23-24H,34H2,1-4H3. The fraction of sp³-hybridized carbons (Fsp3) is 0.276. The van der Waals surface area contributed by atoms with E-state index in [1.165, 1.54) is 54.6 Å². The van der Waals surface area contributed by atoms with Gasteiger partial charge >= 0.3 is 12.1 Å². The summed E-state index contributed by atoms with van der Waals surface area (Å²) >= 11 is 6.14. The van der Waals surface area contributed by atoms with Crippen LogP contribution in [0.4, 0.5) is 19.0 Å². The molecule has 2 atom stereocenters. The predicted octanol–water partition coefficient (Wildman–Crippen LogP) is 6.13. The second-order valence-corrected chi connectivity index (χ2v) is 12.8. The summed E-state index contributed by atoms with van der Waals surface area (Å²) < 4.78 is 82.7. The molecule has 9 nitrogen and oxygen atoms in total. The average Bonchev–Trinajstić information content (AvgIpc) is 2.93. The Kier molecular flexibility index (Phi) is 8.91. The molecular formula is C29H28ClF3N4O5S. The molecule has 3 aromatic carbocycles. The summed E-state index contributed by atoms with van der Waals surface area (Å²) in [5, 5.41) is -0.108. The van der Waals surface area contributed by atoms with Gasteiger partial charge in [0.15, 0.2) is 0 Å². The highest BCUT2D eigenvalue weighted by Gasteiger charge is 2.46. The van der Waals surface area contributed by atoms with E-state index < -0.39 is 57.2 Å². The Morgan fingerprint density at radius 1 is 0.907 bits per heavy atom. The van der Waals surface area contributed by atoms with Gasteiger partial charge in [0.2, 0.25) is 11.9 Å². The molecule has 2 N–H and O–H groups in total. The number of nitrogens with two attached hydrogens (primary N) is 1. The lowest BCUT2D eigenvalue weighted by molar-refractivity contribution is -0.199. The number of anilines is 1. The second kappa shape index (κ2) is 12.0. The third-order valence-corrected chi connectivity index (χ3v) is 8.34. The number of nitrogens with zero attached hydrogens (tertiary/aromatic N) is 3. The van der Waals surface area contributed by atoms with Gasteiger partial charge in [0.25, 0.3) is 15.9 Å². The quantitative estimate of drug-likeness (QED) is 0.229. The summed E-state index contributed by atoms with van der Waals surface area (Å²) in [6.45, 7) is 4.79. The van der Waals surface area contributed by atoms with Crippen molar-refractivity contribution in [1.82, 2.24) is 9.97 Å². The molecule has 0 bridgehead atoms. The number of hydrogen-bond donors (Lipinski definition) is 1. The van der Waals surface area contributed by atoms with Crippen LogP contribution < -0.4 is 14.8 Å². The van der Waals surface area contributed by atoms with Crippen molar-refractivity contribution >= 4 is 44.4 Å². The van der Waals surface area contributed by atoms with Crippen LogP contribution in [-0.2, 0) is 19.6 Å². The molecule has 0 radical (unpaired) electrons. The molecule has 1 heterocycles. The van der Waals surface area contributed by atoms with Gasteiger partial charge in [-0.3, -0.25) is 0 Å². The SMILES string of the molecule is CN(c1nc2ccccc2nc1OC(c1ccccc1C(N)C(=O)OC(C)(C)C)C(F)(F)F)S(=O)(=O)c1ccccc1Cl. The van der Waals surface area contributed by atoms with Gasteiger partial charge in [-0.05, 0) is 50.6 Å². The number of carbonyl (C=O) groups is 1. The van der Waals surface area contributed by atoms with Crippen molar-refractivity contribution in [3.05, 3.63) is 88.9 Å². The number of carbonyl (C=O) groups excluding carboxylic acids is 1. The van der Waals surface area contributed by atoms with Crippen molar-refractivity contribution in [3.8, 4) is 5.88 Å². The van der Waals surface area contributed by atoms with Crippen LogP contribution in [0.15, 0.2) is 77.7 Å². The normalized spacial score (nSPS) is 13.8. The van der Waals surface area contributed by atoms with E-state index in [2.05, 4.69) is 9.97 Å². The van der Waals surface area contributed by atoms with E-state index >= 15 is 0 Å². The Bertz CT molecular complexity index is 1760. The zero-order valence-electron chi connectivity index (χ0n) is 23.5. The maximum absolute atomic E-state index is 14.7. The summed E-state index contributed by atoms with van der Waals surface area (Å²) in [7, 11) is -3.35. The van der Waals surface area contributed by atoms with Gasteiger partial charge in [0.05, 0.1) is 16.1 Å². The number of fused-ring (bicyclic) bond motifs is 1. The Hall–Kier alpha value is -3.94. The first kappa shape index (κ1) is 32.0. The molecule has 0 saturated heterocycles. The largest absolute Gasteiger partial charge is 0.459 e. The lowest BCUT2D eigenvalue weighted by Gasteiger charge is -2.28. The second-order valence-electron chi connectivity index (χ2n) is 10.4. The Morgan fingerprint density at radius 3 is 2.02 bits per heavy atom. The summed E-state index contributed by atoms with van der Waals surface area (Å²) in [6.07, 6.45) is -7.81. The van der Waals surface area contributed by atoms with Gasteiger partial charge in [-0.1, -0.05) is 60.1 Å². The van der Waals surface area contributed by atoms with Crippen molar-refractivity contribution in [3.63, 3.8) is 0 Å². The van der Waals surface area contributed by atoms with E-state index in [9.17, 15) is 26.4 Å². The first-order chi connectivity index (χ1) is 20.0. The third kappa shape index (κ3) is 7.00. The van der Waals surface area contributed by atoms with Crippen LogP contribution in [-0.4, -0.2) is 43.2 Å². The number of para-hydroxylation sites is 2. The molecule has 0 fully saturated rings. The molecule has 228 valence electrons. The molecule has 0 aliphatic rings.